The lowest BCUT2D eigenvalue weighted by Crippen LogP contribution is -1.92. The highest BCUT2D eigenvalue weighted by Crippen LogP contribution is 2.34. The van der Waals surface area contributed by atoms with Gasteiger partial charge in [-0.05, 0) is 11.6 Å². The van der Waals surface area contributed by atoms with Crippen LogP contribution >= 0.6 is 22.9 Å². The van der Waals surface area contributed by atoms with Crippen molar-refractivity contribution in [2.75, 3.05) is 0 Å². The second kappa shape index (κ2) is 5.63. The lowest BCUT2D eigenvalue weighted by atomic mass is 10.1. The van der Waals surface area contributed by atoms with Gasteiger partial charge in [0.15, 0.2) is 0 Å². The Morgan fingerprint density at radius 2 is 1.95 bits per heavy atom. The molecule has 2 heterocycles. The first-order chi connectivity index (χ1) is 10.1. The molecule has 0 aliphatic carbocycles. The summed E-state index contributed by atoms with van der Waals surface area (Å²) < 4.78 is 5.51. The SMILES string of the molecule is O=[N+]([O-])c1ccc(-c2nnc(C(Cl)c3ccccc3)o2)s1. The average Bonchev–Trinajstić information content (AvgIpc) is 3.16. The van der Waals surface area contributed by atoms with Crippen molar-refractivity contribution >= 4 is 27.9 Å². The van der Waals surface area contributed by atoms with Gasteiger partial charge in [-0.25, -0.2) is 0 Å². The largest absolute Gasteiger partial charge is 0.418 e. The van der Waals surface area contributed by atoms with E-state index in [1.54, 1.807) is 6.07 Å². The van der Waals surface area contributed by atoms with Crippen LogP contribution < -0.4 is 0 Å². The summed E-state index contributed by atoms with van der Waals surface area (Å²) in [7, 11) is 0. The zero-order valence-electron chi connectivity index (χ0n) is 10.5. The van der Waals surface area contributed by atoms with Crippen LogP contribution in [-0.2, 0) is 0 Å². The summed E-state index contributed by atoms with van der Waals surface area (Å²) >= 11 is 7.26. The van der Waals surface area contributed by atoms with Gasteiger partial charge < -0.3 is 4.42 Å². The van der Waals surface area contributed by atoms with E-state index in [-0.39, 0.29) is 16.8 Å². The topological polar surface area (TPSA) is 82.1 Å². The average molecular weight is 322 g/mol. The molecule has 0 saturated heterocycles. The molecule has 0 aliphatic heterocycles. The summed E-state index contributed by atoms with van der Waals surface area (Å²) in [6.07, 6.45) is 0. The molecule has 21 heavy (non-hydrogen) atoms. The number of benzene rings is 1. The van der Waals surface area contributed by atoms with E-state index in [0.717, 1.165) is 16.9 Å². The number of nitrogens with zero attached hydrogens (tertiary/aromatic N) is 3. The summed E-state index contributed by atoms with van der Waals surface area (Å²) in [5.41, 5.74) is 0.839. The third-order valence-corrected chi connectivity index (χ3v) is 4.20. The molecule has 0 fully saturated rings. The van der Waals surface area contributed by atoms with E-state index in [1.807, 2.05) is 30.3 Å². The maximum absolute atomic E-state index is 10.7. The monoisotopic (exact) mass is 321 g/mol. The Morgan fingerprint density at radius 1 is 1.19 bits per heavy atom. The maximum atomic E-state index is 10.7. The molecule has 0 N–H and O–H groups in total. The fraction of sp³-hybridized carbons (Fsp3) is 0.0769. The predicted molar refractivity (Wildman–Crippen MR) is 78.4 cm³/mol. The number of nitro groups is 1. The summed E-state index contributed by atoms with van der Waals surface area (Å²) in [6, 6.07) is 12.3. The van der Waals surface area contributed by atoms with Gasteiger partial charge in [0.25, 0.3) is 5.89 Å². The standard InChI is InChI=1S/C13H8ClN3O3S/c14-11(8-4-2-1-3-5-8)13-16-15-12(20-13)9-6-7-10(21-9)17(18)19/h1-7,11H. The number of thiophene rings is 1. The Kier molecular flexibility index (Phi) is 3.68. The Morgan fingerprint density at radius 3 is 2.62 bits per heavy atom. The van der Waals surface area contributed by atoms with Gasteiger partial charge in [-0.1, -0.05) is 41.7 Å². The summed E-state index contributed by atoms with van der Waals surface area (Å²) in [5.74, 6) is 0.485. The van der Waals surface area contributed by atoms with E-state index in [4.69, 9.17) is 16.0 Å². The van der Waals surface area contributed by atoms with Gasteiger partial charge in [0.2, 0.25) is 5.89 Å². The van der Waals surface area contributed by atoms with Crippen LogP contribution in [0.3, 0.4) is 0 Å². The van der Waals surface area contributed by atoms with Crippen molar-refractivity contribution < 1.29 is 9.34 Å². The van der Waals surface area contributed by atoms with Crippen molar-refractivity contribution in [3.8, 4) is 10.8 Å². The highest BCUT2D eigenvalue weighted by Gasteiger charge is 2.20. The molecule has 0 aliphatic rings. The van der Waals surface area contributed by atoms with Crippen LogP contribution in [0, 0.1) is 10.1 Å². The number of halogens is 1. The summed E-state index contributed by atoms with van der Waals surface area (Å²) in [4.78, 5) is 10.8. The Bertz CT molecular complexity index is 772. The van der Waals surface area contributed by atoms with Gasteiger partial charge in [0, 0.05) is 6.07 Å². The molecule has 3 aromatic rings. The number of rotatable bonds is 4. The van der Waals surface area contributed by atoms with Crippen molar-refractivity contribution in [3.05, 3.63) is 64.0 Å². The van der Waals surface area contributed by atoms with Crippen LogP contribution in [0.4, 0.5) is 5.00 Å². The quantitative estimate of drug-likeness (QED) is 0.411. The molecule has 0 bridgehead atoms. The number of hydrogen-bond acceptors (Lipinski definition) is 6. The molecule has 0 saturated carbocycles. The van der Waals surface area contributed by atoms with Crippen LogP contribution in [0.25, 0.3) is 10.8 Å². The van der Waals surface area contributed by atoms with Crippen LogP contribution in [-0.4, -0.2) is 15.1 Å². The molecule has 0 radical (unpaired) electrons. The second-order valence-electron chi connectivity index (χ2n) is 4.11. The normalized spacial score (nSPS) is 12.2. The third kappa shape index (κ3) is 2.79. The maximum Gasteiger partial charge on any atom is 0.324 e. The van der Waals surface area contributed by atoms with E-state index in [1.165, 1.54) is 6.07 Å². The van der Waals surface area contributed by atoms with E-state index in [2.05, 4.69) is 10.2 Å². The van der Waals surface area contributed by atoms with Crippen LogP contribution in [0.5, 0.6) is 0 Å². The first-order valence-electron chi connectivity index (χ1n) is 5.92. The molecule has 2 aromatic heterocycles. The predicted octanol–water partition coefficient (Wildman–Crippen LogP) is 4.03. The van der Waals surface area contributed by atoms with Crippen LogP contribution in [0.1, 0.15) is 16.8 Å². The van der Waals surface area contributed by atoms with E-state index in [0.29, 0.717) is 4.88 Å². The zero-order chi connectivity index (χ0) is 14.8. The minimum absolute atomic E-state index is 0.0234. The van der Waals surface area contributed by atoms with Gasteiger partial charge in [0.05, 0.1) is 9.80 Å². The molecular formula is C13H8ClN3O3S. The smallest absolute Gasteiger partial charge is 0.324 e. The molecule has 3 rings (SSSR count). The number of hydrogen-bond donors (Lipinski definition) is 0. The van der Waals surface area contributed by atoms with Crippen molar-refractivity contribution in [2.45, 2.75) is 5.38 Å². The molecule has 1 aromatic carbocycles. The first-order valence-corrected chi connectivity index (χ1v) is 7.17. The molecule has 0 amide bonds. The lowest BCUT2D eigenvalue weighted by molar-refractivity contribution is -0.380. The van der Waals surface area contributed by atoms with Crippen molar-refractivity contribution in [1.29, 1.82) is 0 Å². The number of aromatic nitrogens is 2. The van der Waals surface area contributed by atoms with E-state index >= 15 is 0 Å². The van der Waals surface area contributed by atoms with Crippen LogP contribution in [0.15, 0.2) is 46.9 Å². The van der Waals surface area contributed by atoms with E-state index < -0.39 is 10.3 Å². The molecule has 1 atom stereocenters. The lowest BCUT2D eigenvalue weighted by Gasteiger charge is -2.03. The molecule has 0 spiro atoms. The highest BCUT2D eigenvalue weighted by atomic mass is 35.5. The summed E-state index contributed by atoms with van der Waals surface area (Å²) in [6.45, 7) is 0. The van der Waals surface area contributed by atoms with Gasteiger partial charge in [0.1, 0.15) is 5.38 Å². The van der Waals surface area contributed by atoms with Gasteiger partial charge in [-0.2, -0.15) is 0 Å². The van der Waals surface area contributed by atoms with Gasteiger partial charge in [-0.3, -0.25) is 10.1 Å². The minimum atomic E-state index is -0.553. The molecule has 6 nitrogen and oxygen atoms in total. The molecule has 8 heteroatoms. The molecule has 106 valence electrons. The highest BCUT2D eigenvalue weighted by molar-refractivity contribution is 7.18. The zero-order valence-corrected chi connectivity index (χ0v) is 12.0. The summed E-state index contributed by atoms with van der Waals surface area (Å²) in [5, 5.41) is 17.9. The first kappa shape index (κ1) is 13.7. The minimum Gasteiger partial charge on any atom is -0.418 e. The molecule has 1 unspecified atom stereocenters. The van der Waals surface area contributed by atoms with E-state index in [9.17, 15) is 10.1 Å². The van der Waals surface area contributed by atoms with Gasteiger partial charge >= 0.3 is 5.00 Å². The Hall–Kier alpha value is -2.25. The van der Waals surface area contributed by atoms with Crippen molar-refractivity contribution in [1.82, 2.24) is 10.2 Å². The number of alkyl halides is 1. The van der Waals surface area contributed by atoms with Crippen LogP contribution in [0.2, 0.25) is 0 Å². The fourth-order valence-electron chi connectivity index (χ4n) is 1.74. The second-order valence-corrected chi connectivity index (χ2v) is 5.61. The van der Waals surface area contributed by atoms with Crippen molar-refractivity contribution in [3.63, 3.8) is 0 Å². The Labute approximate surface area is 128 Å². The molecular weight excluding hydrogens is 314 g/mol. The fourth-order valence-corrected chi connectivity index (χ4v) is 2.72. The van der Waals surface area contributed by atoms with Crippen molar-refractivity contribution in [2.24, 2.45) is 0 Å². The Balaban J connectivity index is 1.87. The third-order valence-electron chi connectivity index (χ3n) is 2.73. The van der Waals surface area contributed by atoms with Gasteiger partial charge in [-0.15, -0.1) is 21.8 Å².